The highest BCUT2D eigenvalue weighted by atomic mass is 79.9. The Labute approximate surface area is 158 Å². The molecule has 1 heterocycles. The van der Waals surface area contributed by atoms with Crippen LogP contribution in [0.5, 0.6) is 5.75 Å². The number of rotatable bonds is 3. The molecule has 0 fully saturated rings. The molecule has 0 unspecified atom stereocenters. The van der Waals surface area contributed by atoms with Crippen molar-refractivity contribution in [1.82, 2.24) is 0 Å². The zero-order valence-corrected chi connectivity index (χ0v) is 15.6. The predicted octanol–water partition coefficient (Wildman–Crippen LogP) is 6.54. The summed E-state index contributed by atoms with van der Waals surface area (Å²) in [6.45, 7) is 0. The first kappa shape index (κ1) is 16.1. The summed E-state index contributed by atoms with van der Waals surface area (Å²) in [7, 11) is 0. The van der Waals surface area contributed by atoms with Gasteiger partial charge in [-0.2, -0.15) is 0 Å². The van der Waals surface area contributed by atoms with Gasteiger partial charge in [0.05, 0.1) is 16.3 Å². The first-order valence-electron chi connectivity index (χ1n) is 7.83. The quantitative estimate of drug-likeness (QED) is 0.384. The SMILES string of the molecule is Oc1c(C(=Nc2ccc(Br)cc2)c2ccccc2)sc2ccccc12. The van der Waals surface area contributed by atoms with E-state index in [1.54, 1.807) is 11.3 Å². The Morgan fingerprint density at radius 3 is 2.24 bits per heavy atom. The maximum atomic E-state index is 10.8. The van der Waals surface area contributed by atoms with Crippen LogP contribution < -0.4 is 0 Å². The highest BCUT2D eigenvalue weighted by Crippen LogP contribution is 2.38. The Balaban J connectivity index is 1.94. The van der Waals surface area contributed by atoms with E-state index in [-0.39, 0.29) is 0 Å². The van der Waals surface area contributed by atoms with Crippen LogP contribution in [0.15, 0.2) is 88.3 Å². The molecule has 1 aromatic heterocycles. The van der Waals surface area contributed by atoms with Crippen molar-refractivity contribution in [2.24, 2.45) is 4.99 Å². The second-order valence-electron chi connectivity index (χ2n) is 5.58. The molecule has 0 atom stereocenters. The van der Waals surface area contributed by atoms with Crippen molar-refractivity contribution in [3.8, 4) is 5.75 Å². The van der Waals surface area contributed by atoms with Crippen LogP contribution in [0.1, 0.15) is 10.4 Å². The second kappa shape index (κ2) is 6.82. The molecule has 0 aliphatic heterocycles. The van der Waals surface area contributed by atoms with Crippen molar-refractivity contribution in [3.05, 3.63) is 93.8 Å². The molecule has 25 heavy (non-hydrogen) atoms. The predicted molar refractivity (Wildman–Crippen MR) is 109 cm³/mol. The molecule has 0 aliphatic rings. The monoisotopic (exact) mass is 407 g/mol. The molecule has 0 aliphatic carbocycles. The number of aliphatic imine (C=N–C) groups is 1. The molecular formula is C21H14BrNOS. The molecule has 4 heteroatoms. The van der Waals surface area contributed by atoms with E-state index in [9.17, 15) is 5.11 Å². The Hall–Kier alpha value is -2.43. The van der Waals surface area contributed by atoms with Gasteiger partial charge in [0.25, 0.3) is 0 Å². The fourth-order valence-electron chi connectivity index (χ4n) is 2.68. The van der Waals surface area contributed by atoms with Gasteiger partial charge in [-0.3, -0.25) is 0 Å². The molecule has 3 aromatic carbocycles. The van der Waals surface area contributed by atoms with Gasteiger partial charge in [0.15, 0.2) is 0 Å². The number of benzene rings is 3. The number of nitrogens with zero attached hydrogens (tertiary/aromatic N) is 1. The van der Waals surface area contributed by atoms with E-state index in [0.29, 0.717) is 5.75 Å². The Bertz CT molecular complexity index is 1050. The number of halogens is 1. The lowest BCUT2D eigenvalue weighted by atomic mass is 10.1. The van der Waals surface area contributed by atoms with Gasteiger partial charge in [0, 0.05) is 20.1 Å². The van der Waals surface area contributed by atoms with Crippen LogP contribution in [0.3, 0.4) is 0 Å². The molecule has 0 bridgehead atoms. The topological polar surface area (TPSA) is 32.6 Å². The summed E-state index contributed by atoms with van der Waals surface area (Å²) in [6, 6.07) is 25.7. The number of thiophene rings is 1. The third-order valence-electron chi connectivity index (χ3n) is 3.90. The van der Waals surface area contributed by atoms with Crippen LogP contribution in [0.2, 0.25) is 0 Å². The lowest BCUT2D eigenvalue weighted by Crippen LogP contribution is -2.00. The van der Waals surface area contributed by atoms with E-state index in [0.717, 1.165) is 36.4 Å². The van der Waals surface area contributed by atoms with Gasteiger partial charge in [0.2, 0.25) is 0 Å². The molecule has 0 saturated carbocycles. The Morgan fingerprint density at radius 1 is 0.840 bits per heavy atom. The van der Waals surface area contributed by atoms with Crippen LogP contribution >= 0.6 is 27.3 Å². The van der Waals surface area contributed by atoms with Crippen LogP contribution in [-0.2, 0) is 0 Å². The highest BCUT2D eigenvalue weighted by molar-refractivity contribution is 9.10. The minimum Gasteiger partial charge on any atom is -0.506 e. The van der Waals surface area contributed by atoms with E-state index < -0.39 is 0 Å². The maximum Gasteiger partial charge on any atom is 0.143 e. The number of hydrogen-bond acceptors (Lipinski definition) is 3. The molecule has 0 spiro atoms. The van der Waals surface area contributed by atoms with E-state index in [1.165, 1.54) is 0 Å². The highest BCUT2D eigenvalue weighted by Gasteiger charge is 2.17. The molecule has 2 nitrogen and oxygen atoms in total. The van der Waals surface area contributed by atoms with Gasteiger partial charge in [0.1, 0.15) is 5.75 Å². The summed E-state index contributed by atoms with van der Waals surface area (Å²) in [4.78, 5) is 5.63. The average molecular weight is 408 g/mol. The Kier molecular flexibility index (Phi) is 4.38. The van der Waals surface area contributed by atoms with Crippen LogP contribution in [0.25, 0.3) is 10.1 Å². The van der Waals surface area contributed by atoms with Crippen molar-refractivity contribution < 1.29 is 5.11 Å². The van der Waals surface area contributed by atoms with Crippen molar-refractivity contribution in [3.63, 3.8) is 0 Å². The van der Waals surface area contributed by atoms with Crippen molar-refractivity contribution >= 4 is 48.8 Å². The van der Waals surface area contributed by atoms with Crippen LogP contribution in [0.4, 0.5) is 5.69 Å². The van der Waals surface area contributed by atoms with Crippen LogP contribution in [0, 0.1) is 0 Å². The van der Waals surface area contributed by atoms with E-state index in [2.05, 4.69) is 15.9 Å². The molecule has 0 saturated heterocycles. The molecule has 1 N–H and O–H groups in total. The fourth-order valence-corrected chi connectivity index (χ4v) is 4.05. The van der Waals surface area contributed by atoms with Gasteiger partial charge < -0.3 is 5.11 Å². The minimum atomic E-state index is 0.292. The van der Waals surface area contributed by atoms with Crippen molar-refractivity contribution in [2.75, 3.05) is 0 Å². The first-order valence-corrected chi connectivity index (χ1v) is 9.44. The lowest BCUT2D eigenvalue weighted by molar-refractivity contribution is 0.483. The molecule has 4 rings (SSSR count). The number of hydrogen-bond donors (Lipinski definition) is 1. The third kappa shape index (κ3) is 3.23. The molecule has 0 radical (unpaired) electrons. The molecule has 0 amide bonds. The summed E-state index contributed by atoms with van der Waals surface area (Å²) in [6.07, 6.45) is 0. The first-order chi connectivity index (χ1) is 12.2. The standard InChI is InChI=1S/C21H14BrNOS/c22-15-10-12-16(13-11-15)23-19(14-6-2-1-3-7-14)21-20(24)17-8-4-5-9-18(17)25-21/h1-13,24H. The summed E-state index contributed by atoms with van der Waals surface area (Å²) in [5.74, 6) is 0.292. The van der Waals surface area contributed by atoms with Crippen LogP contribution in [-0.4, -0.2) is 10.8 Å². The number of aromatic hydroxyl groups is 1. The van der Waals surface area contributed by atoms with E-state index in [1.807, 2.05) is 78.9 Å². The summed E-state index contributed by atoms with van der Waals surface area (Å²) < 4.78 is 2.06. The van der Waals surface area contributed by atoms with Gasteiger partial charge in [-0.1, -0.05) is 58.4 Å². The summed E-state index contributed by atoms with van der Waals surface area (Å²) >= 11 is 5.01. The van der Waals surface area contributed by atoms with E-state index >= 15 is 0 Å². The zero-order chi connectivity index (χ0) is 17.2. The number of fused-ring (bicyclic) bond motifs is 1. The van der Waals surface area contributed by atoms with E-state index in [4.69, 9.17) is 4.99 Å². The Morgan fingerprint density at radius 2 is 1.52 bits per heavy atom. The van der Waals surface area contributed by atoms with Gasteiger partial charge in [-0.25, -0.2) is 4.99 Å². The van der Waals surface area contributed by atoms with Crippen molar-refractivity contribution in [1.29, 1.82) is 0 Å². The molecule has 4 aromatic rings. The molecule has 122 valence electrons. The largest absolute Gasteiger partial charge is 0.506 e. The van der Waals surface area contributed by atoms with Gasteiger partial charge in [-0.05, 0) is 36.4 Å². The smallest absolute Gasteiger partial charge is 0.143 e. The maximum absolute atomic E-state index is 10.8. The zero-order valence-electron chi connectivity index (χ0n) is 13.2. The van der Waals surface area contributed by atoms with Gasteiger partial charge >= 0.3 is 0 Å². The van der Waals surface area contributed by atoms with Gasteiger partial charge in [-0.15, -0.1) is 11.3 Å². The van der Waals surface area contributed by atoms with Crippen molar-refractivity contribution in [2.45, 2.75) is 0 Å². The molecular weight excluding hydrogens is 394 g/mol. The average Bonchev–Trinajstić information content (AvgIpc) is 2.99. The third-order valence-corrected chi connectivity index (χ3v) is 5.59. The normalized spacial score (nSPS) is 11.8. The minimum absolute atomic E-state index is 0.292. The lowest BCUT2D eigenvalue weighted by Gasteiger charge is -2.06. The second-order valence-corrected chi connectivity index (χ2v) is 7.55. The summed E-state index contributed by atoms with van der Waals surface area (Å²) in [5, 5.41) is 11.6. The summed E-state index contributed by atoms with van der Waals surface area (Å²) in [5.41, 5.74) is 2.60. The fraction of sp³-hybridized carbons (Fsp3) is 0.